The highest BCUT2D eigenvalue weighted by atomic mass is 19.2. The summed E-state index contributed by atoms with van der Waals surface area (Å²) in [7, 11) is 0. The van der Waals surface area contributed by atoms with Crippen molar-refractivity contribution in [1.29, 1.82) is 0 Å². The van der Waals surface area contributed by atoms with Crippen molar-refractivity contribution in [2.75, 3.05) is 6.61 Å². The lowest BCUT2D eigenvalue weighted by Gasteiger charge is -2.37. The summed E-state index contributed by atoms with van der Waals surface area (Å²) >= 11 is 0. The van der Waals surface area contributed by atoms with Crippen molar-refractivity contribution >= 4 is 0 Å². The standard InChI is InChI=1S/C31H40F2O3/c1-19-3-5-21(6-4-19)22-7-9-23(10-8-22)24-11-14-26(15-12-24)35-18-27-16-13-25-17-28(20(2)34)29(32)30(33)31(25)36-27/h11-12,14-15,17,19-23,27,34H,3-10,13,16,18H2,1-2H3. The highest BCUT2D eigenvalue weighted by Crippen LogP contribution is 2.44. The highest BCUT2D eigenvalue weighted by molar-refractivity contribution is 5.42. The van der Waals surface area contributed by atoms with Crippen LogP contribution in [0, 0.1) is 29.4 Å². The average Bonchev–Trinajstić information content (AvgIpc) is 2.90. The van der Waals surface area contributed by atoms with Crippen molar-refractivity contribution in [2.45, 2.75) is 96.2 Å². The van der Waals surface area contributed by atoms with Gasteiger partial charge in [0.05, 0.1) is 6.10 Å². The van der Waals surface area contributed by atoms with Gasteiger partial charge in [-0.3, -0.25) is 0 Å². The van der Waals surface area contributed by atoms with E-state index < -0.39 is 17.7 Å². The van der Waals surface area contributed by atoms with Gasteiger partial charge < -0.3 is 14.6 Å². The third-order valence-electron chi connectivity index (χ3n) is 9.02. The first-order valence-corrected chi connectivity index (χ1v) is 14.0. The molecule has 5 heteroatoms. The monoisotopic (exact) mass is 498 g/mol. The molecule has 0 spiro atoms. The predicted molar refractivity (Wildman–Crippen MR) is 137 cm³/mol. The topological polar surface area (TPSA) is 38.7 Å². The lowest BCUT2D eigenvalue weighted by Crippen LogP contribution is -2.30. The Kier molecular flexibility index (Phi) is 7.85. The molecule has 0 aromatic heterocycles. The zero-order chi connectivity index (χ0) is 25.2. The molecular formula is C31H40F2O3. The molecule has 2 unspecified atom stereocenters. The number of hydrogen-bond donors (Lipinski definition) is 1. The molecule has 2 aromatic rings. The van der Waals surface area contributed by atoms with E-state index in [0.29, 0.717) is 24.3 Å². The first-order chi connectivity index (χ1) is 17.4. The van der Waals surface area contributed by atoms with Gasteiger partial charge in [-0.15, -0.1) is 0 Å². The second kappa shape index (κ2) is 11.1. The van der Waals surface area contributed by atoms with Gasteiger partial charge in [-0.25, -0.2) is 4.39 Å². The van der Waals surface area contributed by atoms with Gasteiger partial charge in [0.1, 0.15) is 18.5 Å². The second-order valence-corrected chi connectivity index (χ2v) is 11.5. The highest BCUT2D eigenvalue weighted by Gasteiger charge is 2.31. The molecule has 2 atom stereocenters. The van der Waals surface area contributed by atoms with Crippen LogP contribution in [-0.2, 0) is 6.42 Å². The van der Waals surface area contributed by atoms with Crippen molar-refractivity contribution in [3.8, 4) is 11.5 Å². The number of halogens is 2. The number of fused-ring (bicyclic) bond motifs is 1. The molecule has 1 heterocycles. The third kappa shape index (κ3) is 5.56. The fourth-order valence-corrected chi connectivity index (χ4v) is 6.67. The van der Waals surface area contributed by atoms with Gasteiger partial charge in [0.25, 0.3) is 0 Å². The Morgan fingerprint density at radius 2 is 1.56 bits per heavy atom. The third-order valence-corrected chi connectivity index (χ3v) is 9.02. The molecule has 0 bridgehead atoms. The van der Waals surface area contributed by atoms with Crippen molar-refractivity contribution in [2.24, 2.45) is 17.8 Å². The van der Waals surface area contributed by atoms with Crippen LogP contribution in [0.25, 0.3) is 0 Å². The molecule has 2 aromatic carbocycles. The Morgan fingerprint density at radius 1 is 0.917 bits per heavy atom. The van der Waals surface area contributed by atoms with Gasteiger partial charge in [-0.2, -0.15) is 4.39 Å². The molecule has 0 radical (unpaired) electrons. The maximum absolute atomic E-state index is 14.6. The minimum atomic E-state index is -1.07. The van der Waals surface area contributed by atoms with Crippen LogP contribution in [0.1, 0.15) is 100 Å². The molecule has 5 rings (SSSR count). The Labute approximate surface area is 214 Å². The van der Waals surface area contributed by atoms with Crippen LogP contribution in [0.4, 0.5) is 8.78 Å². The molecule has 36 heavy (non-hydrogen) atoms. The molecule has 0 saturated heterocycles. The first-order valence-electron chi connectivity index (χ1n) is 14.0. The van der Waals surface area contributed by atoms with Crippen LogP contribution in [0.15, 0.2) is 30.3 Å². The summed E-state index contributed by atoms with van der Waals surface area (Å²) in [6.45, 7) is 4.11. The van der Waals surface area contributed by atoms with E-state index >= 15 is 0 Å². The van der Waals surface area contributed by atoms with Gasteiger partial charge in [-0.05, 0) is 111 Å². The van der Waals surface area contributed by atoms with E-state index in [1.807, 2.05) is 12.1 Å². The number of aliphatic hydroxyl groups excluding tert-OH is 1. The smallest absolute Gasteiger partial charge is 0.201 e. The average molecular weight is 499 g/mol. The molecule has 1 N–H and O–H groups in total. The quantitative estimate of drug-likeness (QED) is 0.440. The van der Waals surface area contributed by atoms with E-state index in [9.17, 15) is 13.9 Å². The van der Waals surface area contributed by atoms with E-state index in [1.165, 1.54) is 69.9 Å². The van der Waals surface area contributed by atoms with Crippen molar-refractivity contribution in [1.82, 2.24) is 0 Å². The molecule has 3 nitrogen and oxygen atoms in total. The van der Waals surface area contributed by atoms with Crippen molar-refractivity contribution in [3.63, 3.8) is 0 Å². The van der Waals surface area contributed by atoms with Crippen molar-refractivity contribution in [3.05, 3.63) is 58.7 Å². The van der Waals surface area contributed by atoms with E-state index in [2.05, 4.69) is 19.1 Å². The normalized spacial score (nSPS) is 29.2. The van der Waals surface area contributed by atoms with Crippen LogP contribution >= 0.6 is 0 Å². The summed E-state index contributed by atoms with van der Waals surface area (Å²) in [5.41, 5.74) is 1.97. The van der Waals surface area contributed by atoms with E-state index in [4.69, 9.17) is 9.47 Å². The lowest BCUT2D eigenvalue weighted by molar-refractivity contribution is 0.103. The van der Waals surface area contributed by atoms with Crippen LogP contribution in [0.5, 0.6) is 11.5 Å². The fourth-order valence-electron chi connectivity index (χ4n) is 6.67. The van der Waals surface area contributed by atoms with Gasteiger partial charge in [0, 0.05) is 5.56 Å². The largest absolute Gasteiger partial charge is 0.490 e. The summed E-state index contributed by atoms with van der Waals surface area (Å²) in [6, 6.07) is 9.93. The zero-order valence-electron chi connectivity index (χ0n) is 21.6. The summed E-state index contributed by atoms with van der Waals surface area (Å²) in [5.74, 6) is 2.10. The number of aliphatic hydroxyl groups is 1. The summed E-state index contributed by atoms with van der Waals surface area (Å²) < 4.78 is 40.6. The fraction of sp³-hybridized carbons (Fsp3) is 0.613. The lowest BCUT2D eigenvalue weighted by atomic mass is 9.68. The SMILES string of the molecule is CC1CCC(C2CCC(c3ccc(OCC4CCc5cc(C(C)O)c(F)c(F)c5O4)cc3)CC2)CC1. The summed E-state index contributed by atoms with van der Waals surface area (Å²) in [6.07, 6.45) is 10.8. The Bertz CT molecular complexity index is 1020. The molecule has 2 fully saturated rings. The minimum Gasteiger partial charge on any atom is -0.490 e. The Balaban J connectivity index is 1.11. The van der Waals surface area contributed by atoms with Gasteiger partial charge in [0.15, 0.2) is 11.6 Å². The maximum Gasteiger partial charge on any atom is 0.201 e. The molecule has 196 valence electrons. The van der Waals surface area contributed by atoms with Crippen molar-refractivity contribution < 1.29 is 23.4 Å². The summed E-state index contributed by atoms with van der Waals surface area (Å²) in [4.78, 5) is 0. The van der Waals surface area contributed by atoms with Gasteiger partial charge in [-0.1, -0.05) is 31.9 Å². The number of rotatable bonds is 6. The number of aryl methyl sites for hydroxylation is 1. The molecule has 2 aliphatic carbocycles. The number of ether oxygens (including phenoxy) is 2. The second-order valence-electron chi connectivity index (χ2n) is 11.5. The minimum absolute atomic E-state index is 0.0262. The Hall–Kier alpha value is -2.14. The summed E-state index contributed by atoms with van der Waals surface area (Å²) in [5, 5.41) is 9.70. The zero-order valence-corrected chi connectivity index (χ0v) is 21.6. The van der Waals surface area contributed by atoms with Crippen LogP contribution < -0.4 is 9.47 Å². The van der Waals surface area contributed by atoms with Crippen LogP contribution in [0.3, 0.4) is 0 Å². The van der Waals surface area contributed by atoms with E-state index in [1.54, 1.807) is 0 Å². The van der Waals surface area contributed by atoms with Crippen LogP contribution in [0.2, 0.25) is 0 Å². The number of benzene rings is 2. The first kappa shape index (κ1) is 25.5. The van der Waals surface area contributed by atoms with E-state index in [0.717, 1.165) is 23.5 Å². The number of hydrogen-bond acceptors (Lipinski definition) is 3. The molecular weight excluding hydrogens is 458 g/mol. The maximum atomic E-state index is 14.6. The molecule has 1 aliphatic heterocycles. The van der Waals surface area contributed by atoms with Gasteiger partial charge >= 0.3 is 0 Å². The Morgan fingerprint density at radius 3 is 2.19 bits per heavy atom. The molecule has 0 amide bonds. The van der Waals surface area contributed by atoms with Crippen LogP contribution in [-0.4, -0.2) is 17.8 Å². The van der Waals surface area contributed by atoms with E-state index in [-0.39, 0.29) is 24.0 Å². The predicted octanol–water partition coefficient (Wildman–Crippen LogP) is 7.89. The van der Waals surface area contributed by atoms with Gasteiger partial charge in [0.2, 0.25) is 5.82 Å². The molecule has 2 saturated carbocycles. The molecule has 3 aliphatic rings.